The number of benzene rings is 1. The molecule has 0 aliphatic heterocycles. The Morgan fingerprint density at radius 3 is 2.93 bits per heavy atom. The molecule has 0 amide bonds. The minimum Gasteiger partial charge on any atom is -0.396 e. The van der Waals surface area contributed by atoms with E-state index in [0.717, 1.165) is 0 Å². The number of para-hydroxylation sites is 1. The Morgan fingerprint density at radius 2 is 2.27 bits per heavy atom. The Balaban J connectivity index is 2.47. The minimum atomic E-state index is -0.580. The number of hydrogen-bond donors (Lipinski definition) is 1. The molecule has 0 aliphatic rings. The normalized spacial score (nSPS) is 10.2. The summed E-state index contributed by atoms with van der Waals surface area (Å²) in [5.74, 6) is -0.884. The van der Waals surface area contributed by atoms with Crippen LogP contribution in [-0.2, 0) is 0 Å². The predicted molar refractivity (Wildman–Crippen MR) is 56.4 cm³/mol. The van der Waals surface area contributed by atoms with Crippen LogP contribution in [0.1, 0.15) is 15.9 Å². The molecule has 5 heteroatoms. The first-order valence-corrected chi connectivity index (χ1v) is 5.02. The zero-order valence-electron chi connectivity index (χ0n) is 7.61. The molecule has 3 nitrogen and oxygen atoms in total. The van der Waals surface area contributed by atoms with Gasteiger partial charge in [-0.15, -0.1) is 0 Å². The van der Waals surface area contributed by atoms with Crippen molar-refractivity contribution in [1.82, 2.24) is 4.37 Å². The standard InChI is InChI=1S/C10H7FN2OS/c11-8-3-1-2-7(9(8)12)10(14)6-4-13-15-5-6/h1-5H,12H2. The molecule has 0 spiro atoms. The number of aromatic nitrogens is 1. The molecule has 2 rings (SSSR count). The molecule has 0 fully saturated rings. The van der Waals surface area contributed by atoms with E-state index in [0.29, 0.717) is 5.56 Å². The summed E-state index contributed by atoms with van der Waals surface area (Å²) in [6.07, 6.45) is 1.44. The van der Waals surface area contributed by atoms with E-state index in [9.17, 15) is 9.18 Å². The zero-order chi connectivity index (χ0) is 10.8. The van der Waals surface area contributed by atoms with Crippen LogP contribution in [0.5, 0.6) is 0 Å². The first kappa shape index (κ1) is 9.79. The number of rotatable bonds is 2. The first-order chi connectivity index (χ1) is 7.20. The number of nitrogen functional groups attached to an aromatic ring is 1. The van der Waals surface area contributed by atoms with Crippen LogP contribution in [0, 0.1) is 5.82 Å². The summed E-state index contributed by atoms with van der Waals surface area (Å²) in [5.41, 5.74) is 5.96. The Hall–Kier alpha value is -1.75. The number of anilines is 1. The highest BCUT2D eigenvalue weighted by molar-refractivity contribution is 7.03. The lowest BCUT2D eigenvalue weighted by molar-refractivity contribution is 0.103. The topological polar surface area (TPSA) is 56.0 Å². The maximum atomic E-state index is 13.1. The van der Waals surface area contributed by atoms with Crippen molar-refractivity contribution in [3.8, 4) is 0 Å². The van der Waals surface area contributed by atoms with E-state index in [-0.39, 0.29) is 17.0 Å². The fourth-order valence-electron chi connectivity index (χ4n) is 1.21. The van der Waals surface area contributed by atoms with Crippen molar-refractivity contribution in [3.05, 3.63) is 46.7 Å². The van der Waals surface area contributed by atoms with E-state index >= 15 is 0 Å². The number of nitrogens with two attached hydrogens (primary N) is 1. The highest BCUT2D eigenvalue weighted by Gasteiger charge is 2.15. The second-order valence-corrected chi connectivity index (χ2v) is 3.60. The van der Waals surface area contributed by atoms with Gasteiger partial charge in [-0.05, 0) is 23.7 Å². The molecule has 0 saturated heterocycles. The first-order valence-electron chi connectivity index (χ1n) is 4.18. The SMILES string of the molecule is Nc1c(F)cccc1C(=O)c1cnsc1. The molecule has 0 aliphatic carbocycles. The summed E-state index contributed by atoms with van der Waals surface area (Å²) in [6.45, 7) is 0. The van der Waals surface area contributed by atoms with Crippen LogP contribution >= 0.6 is 11.5 Å². The summed E-state index contributed by atoms with van der Waals surface area (Å²) in [6, 6.07) is 4.18. The number of carbonyl (C=O) groups excluding carboxylic acids is 1. The average Bonchev–Trinajstić information content (AvgIpc) is 2.74. The van der Waals surface area contributed by atoms with Crippen molar-refractivity contribution in [2.45, 2.75) is 0 Å². The molecule has 1 aromatic heterocycles. The predicted octanol–water partition coefficient (Wildman–Crippen LogP) is 2.10. The molecule has 0 unspecified atom stereocenters. The number of ketones is 1. The molecule has 1 aromatic carbocycles. The molecule has 0 atom stereocenters. The summed E-state index contributed by atoms with van der Waals surface area (Å²) in [4.78, 5) is 11.8. The quantitative estimate of drug-likeness (QED) is 0.625. The minimum absolute atomic E-state index is 0.117. The smallest absolute Gasteiger partial charge is 0.197 e. The van der Waals surface area contributed by atoms with Gasteiger partial charge in [-0.1, -0.05) is 6.07 Å². The van der Waals surface area contributed by atoms with E-state index in [2.05, 4.69) is 4.37 Å². The molecule has 76 valence electrons. The van der Waals surface area contributed by atoms with Crippen molar-refractivity contribution in [1.29, 1.82) is 0 Å². The van der Waals surface area contributed by atoms with Crippen molar-refractivity contribution < 1.29 is 9.18 Å². The Bertz CT molecular complexity index is 496. The van der Waals surface area contributed by atoms with Crippen LogP contribution in [0.2, 0.25) is 0 Å². The summed E-state index contributed by atoms with van der Waals surface area (Å²) >= 11 is 1.17. The average molecular weight is 222 g/mol. The van der Waals surface area contributed by atoms with Gasteiger partial charge in [0.1, 0.15) is 5.82 Å². The number of nitrogens with zero attached hydrogens (tertiary/aromatic N) is 1. The second-order valence-electron chi connectivity index (χ2n) is 2.94. The lowest BCUT2D eigenvalue weighted by Crippen LogP contribution is -2.05. The zero-order valence-corrected chi connectivity index (χ0v) is 8.42. The van der Waals surface area contributed by atoms with Gasteiger partial charge in [0.25, 0.3) is 0 Å². The monoisotopic (exact) mass is 222 g/mol. The van der Waals surface area contributed by atoms with Gasteiger partial charge >= 0.3 is 0 Å². The Morgan fingerprint density at radius 1 is 1.47 bits per heavy atom. The van der Waals surface area contributed by atoms with Crippen LogP contribution in [-0.4, -0.2) is 10.2 Å². The number of carbonyl (C=O) groups is 1. The molecule has 0 saturated carbocycles. The van der Waals surface area contributed by atoms with Gasteiger partial charge in [0.05, 0.1) is 17.4 Å². The summed E-state index contributed by atoms with van der Waals surface area (Å²) in [7, 11) is 0. The van der Waals surface area contributed by atoms with Gasteiger partial charge in [-0.2, -0.15) is 0 Å². The summed E-state index contributed by atoms with van der Waals surface area (Å²) in [5, 5.41) is 1.60. The largest absolute Gasteiger partial charge is 0.396 e. The van der Waals surface area contributed by atoms with Crippen LogP contribution < -0.4 is 5.73 Å². The maximum Gasteiger partial charge on any atom is 0.197 e. The molecule has 0 radical (unpaired) electrons. The van der Waals surface area contributed by atoms with Crippen LogP contribution in [0.3, 0.4) is 0 Å². The Labute approximate surface area is 89.5 Å². The molecular weight excluding hydrogens is 215 g/mol. The van der Waals surface area contributed by atoms with Crippen molar-refractivity contribution in [2.24, 2.45) is 0 Å². The van der Waals surface area contributed by atoms with E-state index in [1.54, 1.807) is 5.38 Å². The molecule has 15 heavy (non-hydrogen) atoms. The third-order valence-corrected chi connectivity index (χ3v) is 2.58. The van der Waals surface area contributed by atoms with Crippen molar-refractivity contribution in [3.63, 3.8) is 0 Å². The van der Waals surface area contributed by atoms with Gasteiger partial charge in [-0.3, -0.25) is 4.79 Å². The highest BCUT2D eigenvalue weighted by Crippen LogP contribution is 2.19. The second kappa shape index (κ2) is 3.78. The van der Waals surface area contributed by atoms with Crippen LogP contribution in [0.4, 0.5) is 10.1 Å². The molecule has 1 heterocycles. The van der Waals surface area contributed by atoms with Crippen molar-refractivity contribution in [2.75, 3.05) is 5.73 Å². The fraction of sp³-hybridized carbons (Fsp3) is 0. The van der Waals surface area contributed by atoms with Gasteiger partial charge in [0.2, 0.25) is 0 Å². The number of hydrogen-bond acceptors (Lipinski definition) is 4. The third kappa shape index (κ3) is 1.73. The van der Waals surface area contributed by atoms with Gasteiger partial charge in [0, 0.05) is 10.9 Å². The van der Waals surface area contributed by atoms with E-state index in [1.807, 2.05) is 0 Å². The van der Waals surface area contributed by atoms with E-state index in [1.165, 1.54) is 35.9 Å². The summed E-state index contributed by atoms with van der Waals surface area (Å²) < 4.78 is 16.9. The van der Waals surface area contributed by atoms with Crippen LogP contribution in [0.15, 0.2) is 29.8 Å². The van der Waals surface area contributed by atoms with Gasteiger partial charge < -0.3 is 5.73 Å². The highest BCUT2D eigenvalue weighted by atomic mass is 32.1. The van der Waals surface area contributed by atoms with Gasteiger partial charge in [0.15, 0.2) is 5.78 Å². The number of halogens is 1. The van der Waals surface area contributed by atoms with Gasteiger partial charge in [-0.25, -0.2) is 8.76 Å². The van der Waals surface area contributed by atoms with Crippen molar-refractivity contribution >= 4 is 23.0 Å². The fourth-order valence-corrected chi connectivity index (χ4v) is 1.72. The van der Waals surface area contributed by atoms with Crippen LogP contribution in [0.25, 0.3) is 0 Å². The molecule has 2 N–H and O–H groups in total. The Kier molecular flexibility index (Phi) is 2.47. The molecule has 0 bridgehead atoms. The molecular formula is C10H7FN2OS. The lowest BCUT2D eigenvalue weighted by Gasteiger charge is -2.03. The lowest BCUT2D eigenvalue weighted by atomic mass is 10.0. The van der Waals surface area contributed by atoms with E-state index < -0.39 is 5.82 Å². The van der Waals surface area contributed by atoms with E-state index in [4.69, 9.17) is 5.73 Å². The maximum absolute atomic E-state index is 13.1. The molecule has 2 aromatic rings. The third-order valence-electron chi connectivity index (χ3n) is 1.99.